The molecule has 0 aliphatic carbocycles. The fourth-order valence-electron chi connectivity index (χ4n) is 2.17. The summed E-state index contributed by atoms with van der Waals surface area (Å²) in [5, 5.41) is 5.47. The second kappa shape index (κ2) is 8.96. The Morgan fingerprint density at radius 3 is 2.35 bits per heavy atom. The molecule has 6 nitrogen and oxygen atoms in total. The molecule has 0 aliphatic rings. The van der Waals surface area contributed by atoms with Gasteiger partial charge in [0.05, 0.1) is 23.4 Å². The molecule has 26 heavy (non-hydrogen) atoms. The largest absolute Gasteiger partial charge is 0.492 e. The van der Waals surface area contributed by atoms with Gasteiger partial charge in [0, 0.05) is 0 Å². The summed E-state index contributed by atoms with van der Waals surface area (Å²) < 4.78 is 5.68. The van der Waals surface area contributed by atoms with E-state index in [1.807, 2.05) is 13.8 Å². The van der Waals surface area contributed by atoms with Crippen LogP contribution in [0.5, 0.6) is 5.75 Å². The van der Waals surface area contributed by atoms with Crippen LogP contribution in [0.3, 0.4) is 0 Å². The Hall–Kier alpha value is -2.93. The molecule has 7 heteroatoms. The molecule has 4 N–H and O–H groups in total. The van der Waals surface area contributed by atoms with Crippen molar-refractivity contribution in [1.29, 1.82) is 0 Å². The zero-order chi connectivity index (χ0) is 19.1. The molecule has 0 heterocycles. The maximum absolute atomic E-state index is 12.5. The lowest BCUT2D eigenvalue weighted by atomic mass is 10.1. The Bertz CT molecular complexity index is 821. The van der Waals surface area contributed by atoms with Crippen LogP contribution in [0.15, 0.2) is 48.5 Å². The Kier molecular flexibility index (Phi) is 6.68. The average molecular weight is 371 g/mol. The minimum atomic E-state index is -0.588. The number of carbonyl (C=O) groups excluding carboxylic acids is 2. The third-order valence-corrected chi connectivity index (χ3v) is 3.58. The first-order valence-electron chi connectivity index (χ1n) is 8.11. The standard InChI is InChI=1S/C19H21N3O3S/c1-12(2)11-25-16-10-6-4-8-14(16)18(24)22-19(26)21-15-9-5-3-7-13(15)17(20)23/h3-10,12H,11H2,1-2H3,(H2,20,23)(H2,21,22,24,26). The number of hydrogen-bond donors (Lipinski definition) is 3. The number of anilines is 1. The fourth-order valence-corrected chi connectivity index (χ4v) is 2.37. The van der Waals surface area contributed by atoms with E-state index in [1.165, 1.54) is 0 Å². The minimum absolute atomic E-state index is 0.0577. The quantitative estimate of drug-likeness (QED) is 0.679. The van der Waals surface area contributed by atoms with Gasteiger partial charge in [-0.1, -0.05) is 38.1 Å². The number of benzene rings is 2. The summed E-state index contributed by atoms with van der Waals surface area (Å²) in [6.45, 7) is 4.55. The van der Waals surface area contributed by atoms with Crippen LogP contribution in [-0.2, 0) is 0 Å². The molecule has 0 fully saturated rings. The first kappa shape index (κ1) is 19.4. The van der Waals surface area contributed by atoms with Crippen LogP contribution in [0.4, 0.5) is 5.69 Å². The molecular formula is C19H21N3O3S. The van der Waals surface area contributed by atoms with E-state index < -0.39 is 11.8 Å². The summed E-state index contributed by atoms with van der Waals surface area (Å²) in [5.41, 5.74) is 6.42. The molecule has 0 saturated heterocycles. The predicted molar refractivity (Wildman–Crippen MR) is 105 cm³/mol. The summed E-state index contributed by atoms with van der Waals surface area (Å²) in [4.78, 5) is 24.0. The fraction of sp³-hybridized carbons (Fsp3) is 0.211. The number of primary amides is 1. The number of thiocarbonyl (C=S) groups is 1. The highest BCUT2D eigenvalue weighted by Crippen LogP contribution is 2.19. The van der Waals surface area contributed by atoms with Crippen LogP contribution < -0.4 is 21.1 Å². The van der Waals surface area contributed by atoms with E-state index in [2.05, 4.69) is 10.6 Å². The average Bonchev–Trinajstić information content (AvgIpc) is 2.60. The molecule has 0 atom stereocenters. The van der Waals surface area contributed by atoms with Gasteiger partial charge in [0.1, 0.15) is 5.75 Å². The zero-order valence-corrected chi connectivity index (χ0v) is 15.4. The molecule has 2 aromatic carbocycles. The third kappa shape index (κ3) is 5.29. The topological polar surface area (TPSA) is 93.4 Å². The molecule has 0 aromatic heterocycles. The number of carbonyl (C=O) groups is 2. The number of ether oxygens (including phenoxy) is 1. The van der Waals surface area contributed by atoms with Crippen LogP contribution in [0.2, 0.25) is 0 Å². The first-order valence-corrected chi connectivity index (χ1v) is 8.52. The van der Waals surface area contributed by atoms with Gasteiger partial charge in [-0.3, -0.25) is 14.9 Å². The molecule has 2 aromatic rings. The van der Waals surface area contributed by atoms with Crippen molar-refractivity contribution in [2.45, 2.75) is 13.8 Å². The summed E-state index contributed by atoms with van der Waals surface area (Å²) in [6.07, 6.45) is 0. The number of para-hydroxylation sites is 2. The summed E-state index contributed by atoms with van der Waals surface area (Å²) in [6, 6.07) is 13.6. The van der Waals surface area contributed by atoms with Gasteiger partial charge < -0.3 is 15.8 Å². The Morgan fingerprint density at radius 2 is 1.69 bits per heavy atom. The van der Waals surface area contributed by atoms with E-state index in [-0.39, 0.29) is 10.7 Å². The third-order valence-electron chi connectivity index (χ3n) is 3.37. The number of amides is 2. The van der Waals surface area contributed by atoms with Gasteiger partial charge in [-0.25, -0.2) is 0 Å². The molecule has 0 aliphatic heterocycles. The van der Waals surface area contributed by atoms with Gasteiger partial charge in [-0.05, 0) is 42.4 Å². The summed E-state index contributed by atoms with van der Waals surface area (Å²) >= 11 is 5.17. The molecular weight excluding hydrogens is 350 g/mol. The van der Waals surface area contributed by atoms with Crippen LogP contribution in [-0.4, -0.2) is 23.5 Å². The molecule has 0 bridgehead atoms. The van der Waals surface area contributed by atoms with E-state index in [4.69, 9.17) is 22.7 Å². The predicted octanol–water partition coefficient (Wildman–Crippen LogP) is 2.95. The van der Waals surface area contributed by atoms with Gasteiger partial charge in [0.15, 0.2) is 5.11 Å². The van der Waals surface area contributed by atoms with Gasteiger partial charge in [0.2, 0.25) is 0 Å². The smallest absolute Gasteiger partial charge is 0.261 e. The summed E-state index contributed by atoms with van der Waals surface area (Å²) in [5.74, 6) is -0.175. The van der Waals surface area contributed by atoms with Crippen LogP contribution in [0, 0.1) is 5.92 Å². The van der Waals surface area contributed by atoms with E-state index >= 15 is 0 Å². The number of rotatable bonds is 6. The SMILES string of the molecule is CC(C)COc1ccccc1C(=O)NC(=S)Nc1ccccc1C(N)=O. The first-order chi connectivity index (χ1) is 12.4. The molecule has 0 unspecified atom stereocenters. The number of nitrogens with one attached hydrogen (secondary N) is 2. The molecule has 136 valence electrons. The van der Waals surface area contributed by atoms with Crippen molar-refractivity contribution in [3.05, 3.63) is 59.7 Å². The Morgan fingerprint density at radius 1 is 1.08 bits per heavy atom. The minimum Gasteiger partial charge on any atom is -0.492 e. The second-order valence-corrected chi connectivity index (χ2v) is 6.43. The van der Waals surface area contributed by atoms with Gasteiger partial charge in [0.25, 0.3) is 11.8 Å². The number of nitrogens with two attached hydrogens (primary N) is 1. The van der Waals surface area contributed by atoms with Crippen LogP contribution in [0.25, 0.3) is 0 Å². The normalized spacial score (nSPS) is 10.3. The van der Waals surface area contributed by atoms with E-state index in [9.17, 15) is 9.59 Å². The lowest BCUT2D eigenvalue weighted by molar-refractivity contribution is 0.0971. The number of hydrogen-bond acceptors (Lipinski definition) is 4. The van der Waals surface area contributed by atoms with Crippen LogP contribution >= 0.6 is 12.2 Å². The highest BCUT2D eigenvalue weighted by atomic mass is 32.1. The van der Waals surface area contributed by atoms with Crippen molar-refractivity contribution in [2.24, 2.45) is 11.7 Å². The second-order valence-electron chi connectivity index (χ2n) is 6.02. The zero-order valence-electron chi connectivity index (χ0n) is 14.6. The molecule has 0 spiro atoms. The lowest BCUT2D eigenvalue weighted by Crippen LogP contribution is -2.35. The molecule has 2 amide bonds. The molecule has 2 rings (SSSR count). The van der Waals surface area contributed by atoms with E-state index in [1.54, 1.807) is 48.5 Å². The monoisotopic (exact) mass is 371 g/mol. The van der Waals surface area contributed by atoms with E-state index in [0.717, 1.165) is 0 Å². The van der Waals surface area contributed by atoms with Crippen molar-refractivity contribution < 1.29 is 14.3 Å². The maximum Gasteiger partial charge on any atom is 0.261 e. The Balaban J connectivity index is 2.09. The van der Waals surface area contributed by atoms with Crippen molar-refractivity contribution in [1.82, 2.24) is 5.32 Å². The molecule has 0 saturated carbocycles. The highest BCUT2D eigenvalue weighted by Gasteiger charge is 2.15. The van der Waals surface area contributed by atoms with Crippen molar-refractivity contribution in [3.63, 3.8) is 0 Å². The lowest BCUT2D eigenvalue weighted by Gasteiger charge is -2.14. The van der Waals surface area contributed by atoms with Gasteiger partial charge in [-0.2, -0.15) is 0 Å². The summed E-state index contributed by atoms with van der Waals surface area (Å²) in [7, 11) is 0. The highest BCUT2D eigenvalue weighted by molar-refractivity contribution is 7.80. The van der Waals surface area contributed by atoms with Crippen LogP contribution in [0.1, 0.15) is 34.6 Å². The maximum atomic E-state index is 12.5. The van der Waals surface area contributed by atoms with Crippen molar-refractivity contribution >= 4 is 34.8 Å². The van der Waals surface area contributed by atoms with E-state index in [0.29, 0.717) is 29.5 Å². The van der Waals surface area contributed by atoms with Gasteiger partial charge >= 0.3 is 0 Å². The molecule has 0 radical (unpaired) electrons. The van der Waals surface area contributed by atoms with Crippen molar-refractivity contribution in [3.8, 4) is 5.75 Å². The van der Waals surface area contributed by atoms with Crippen molar-refractivity contribution in [2.75, 3.05) is 11.9 Å². The van der Waals surface area contributed by atoms with Gasteiger partial charge in [-0.15, -0.1) is 0 Å². The Labute approximate surface area is 157 Å².